The number of nitrogens with zero attached hydrogens (tertiary/aromatic N) is 4. The van der Waals surface area contributed by atoms with Gasteiger partial charge in [-0.25, -0.2) is 4.39 Å². The highest BCUT2D eigenvalue weighted by atomic mass is 79.9. The maximum Gasteiger partial charge on any atom is 0.258 e. The second-order valence-electron chi connectivity index (χ2n) is 5.05. The van der Waals surface area contributed by atoms with Crippen molar-refractivity contribution in [3.05, 3.63) is 45.7 Å². The number of rotatable bonds is 3. The predicted octanol–water partition coefficient (Wildman–Crippen LogP) is 2.40. The van der Waals surface area contributed by atoms with E-state index in [1.54, 1.807) is 19.2 Å². The lowest BCUT2D eigenvalue weighted by molar-refractivity contribution is 0.0774. The van der Waals surface area contributed by atoms with Gasteiger partial charge in [0.2, 0.25) is 0 Å². The van der Waals surface area contributed by atoms with Crippen LogP contribution in [0.4, 0.5) is 4.39 Å². The average Bonchev–Trinajstić information content (AvgIpc) is 3.03. The molecule has 1 aliphatic heterocycles. The van der Waals surface area contributed by atoms with Gasteiger partial charge in [0, 0.05) is 24.5 Å². The Bertz CT molecular complexity index is 680. The quantitative estimate of drug-likeness (QED) is 0.852. The van der Waals surface area contributed by atoms with Crippen LogP contribution in [0.3, 0.4) is 0 Å². The lowest BCUT2D eigenvalue weighted by atomic mass is 10.2. The summed E-state index contributed by atoms with van der Waals surface area (Å²) in [5, 5.41) is 8.22. The maximum absolute atomic E-state index is 13.8. The highest BCUT2D eigenvalue weighted by Gasteiger charge is 2.23. The number of carbonyl (C=O) groups is 1. The van der Waals surface area contributed by atoms with Crippen molar-refractivity contribution in [3.8, 4) is 0 Å². The van der Waals surface area contributed by atoms with Gasteiger partial charge in [0.25, 0.3) is 5.91 Å². The summed E-state index contributed by atoms with van der Waals surface area (Å²) in [7, 11) is 1.64. The Labute approximate surface area is 129 Å². The molecule has 2 aromatic rings. The van der Waals surface area contributed by atoms with Gasteiger partial charge in [-0.15, -0.1) is 10.2 Å². The van der Waals surface area contributed by atoms with E-state index in [0.29, 0.717) is 11.0 Å². The zero-order valence-corrected chi connectivity index (χ0v) is 13.1. The van der Waals surface area contributed by atoms with E-state index in [1.165, 1.54) is 11.0 Å². The molecule has 0 fully saturated rings. The van der Waals surface area contributed by atoms with Crippen molar-refractivity contribution in [3.63, 3.8) is 0 Å². The van der Waals surface area contributed by atoms with Crippen LogP contribution >= 0.6 is 15.9 Å². The molecule has 0 saturated heterocycles. The highest BCUT2D eigenvalue weighted by molar-refractivity contribution is 9.10. The lowest BCUT2D eigenvalue weighted by Gasteiger charge is -2.18. The fourth-order valence-electron chi connectivity index (χ4n) is 2.50. The predicted molar refractivity (Wildman–Crippen MR) is 78.2 cm³/mol. The number of fused-ring (bicyclic) bond motifs is 1. The van der Waals surface area contributed by atoms with E-state index in [1.807, 2.05) is 4.57 Å². The van der Waals surface area contributed by atoms with Crippen LogP contribution in [0.15, 0.2) is 22.7 Å². The molecule has 21 heavy (non-hydrogen) atoms. The molecule has 0 unspecified atom stereocenters. The number of hydrogen-bond acceptors (Lipinski definition) is 3. The van der Waals surface area contributed by atoms with Gasteiger partial charge in [-0.2, -0.15) is 0 Å². The second-order valence-corrected chi connectivity index (χ2v) is 5.90. The summed E-state index contributed by atoms with van der Waals surface area (Å²) in [6.07, 6.45) is 1.97. The summed E-state index contributed by atoms with van der Waals surface area (Å²) in [4.78, 5) is 13.9. The van der Waals surface area contributed by atoms with Gasteiger partial charge in [-0.05, 0) is 34.5 Å². The molecule has 1 aliphatic rings. The molecule has 0 radical (unpaired) electrons. The number of halogens is 2. The van der Waals surface area contributed by atoms with E-state index in [9.17, 15) is 9.18 Å². The van der Waals surface area contributed by atoms with Crippen molar-refractivity contribution in [2.24, 2.45) is 0 Å². The first kappa shape index (κ1) is 14.2. The van der Waals surface area contributed by atoms with Crippen LogP contribution in [0.25, 0.3) is 0 Å². The van der Waals surface area contributed by atoms with E-state index in [-0.39, 0.29) is 11.5 Å². The maximum atomic E-state index is 13.8. The Balaban J connectivity index is 1.82. The van der Waals surface area contributed by atoms with Crippen molar-refractivity contribution < 1.29 is 9.18 Å². The van der Waals surface area contributed by atoms with Crippen LogP contribution in [0.2, 0.25) is 0 Å². The molecule has 0 spiro atoms. The Hall–Kier alpha value is -1.76. The Morgan fingerprint density at radius 3 is 3.05 bits per heavy atom. The summed E-state index contributed by atoms with van der Waals surface area (Å²) in [6, 6.07) is 4.49. The van der Waals surface area contributed by atoms with E-state index < -0.39 is 5.82 Å². The number of aromatic nitrogens is 3. The molecule has 0 saturated carbocycles. The summed E-state index contributed by atoms with van der Waals surface area (Å²) in [5.74, 6) is 0.784. The Kier molecular flexibility index (Phi) is 3.75. The standard InChI is InChI=1S/C14H14BrFN4O/c1-19(8-12-18-17-11-6-3-7-20(11)12)14(21)13-9(15)4-2-5-10(13)16/h2,4-5H,3,6-8H2,1H3. The first-order valence-electron chi connectivity index (χ1n) is 6.68. The van der Waals surface area contributed by atoms with Crippen molar-refractivity contribution in [1.82, 2.24) is 19.7 Å². The number of amides is 1. The monoisotopic (exact) mass is 352 g/mol. The third kappa shape index (κ3) is 2.57. The molecular weight excluding hydrogens is 339 g/mol. The van der Waals surface area contributed by atoms with Gasteiger partial charge in [0.1, 0.15) is 11.6 Å². The Morgan fingerprint density at radius 1 is 1.48 bits per heavy atom. The molecule has 1 aromatic carbocycles. The molecule has 1 aromatic heterocycles. The smallest absolute Gasteiger partial charge is 0.258 e. The minimum Gasteiger partial charge on any atom is -0.334 e. The fraction of sp³-hybridized carbons (Fsp3) is 0.357. The third-order valence-electron chi connectivity index (χ3n) is 3.59. The molecule has 2 heterocycles. The zero-order chi connectivity index (χ0) is 15.0. The van der Waals surface area contributed by atoms with Crippen LogP contribution in [-0.4, -0.2) is 32.6 Å². The molecule has 110 valence electrons. The summed E-state index contributed by atoms with van der Waals surface area (Å²) in [5.41, 5.74) is 0.0427. The fourth-order valence-corrected chi connectivity index (χ4v) is 3.02. The normalized spacial score (nSPS) is 13.3. The second kappa shape index (κ2) is 5.55. The zero-order valence-electron chi connectivity index (χ0n) is 11.5. The minimum atomic E-state index is -0.535. The molecule has 3 rings (SSSR count). The van der Waals surface area contributed by atoms with Crippen molar-refractivity contribution in [1.29, 1.82) is 0 Å². The molecular formula is C14H14BrFN4O. The lowest BCUT2D eigenvalue weighted by Crippen LogP contribution is -2.28. The molecule has 0 N–H and O–H groups in total. The summed E-state index contributed by atoms with van der Waals surface area (Å²) >= 11 is 3.22. The van der Waals surface area contributed by atoms with Gasteiger partial charge in [-0.1, -0.05) is 6.07 Å². The third-order valence-corrected chi connectivity index (χ3v) is 4.25. The average molecular weight is 353 g/mol. The van der Waals surface area contributed by atoms with Gasteiger partial charge < -0.3 is 9.47 Å². The van der Waals surface area contributed by atoms with Crippen LogP contribution in [-0.2, 0) is 19.5 Å². The summed E-state index contributed by atoms with van der Waals surface area (Å²) in [6.45, 7) is 1.19. The van der Waals surface area contributed by atoms with Gasteiger partial charge in [0.15, 0.2) is 5.82 Å². The molecule has 5 nitrogen and oxygen atoms in total. The molecule has 7 heteroatoms. The Morgan fingerprint density at radius 2 is 2.29 bits per heavy atom. The van der Waals surface area contributed by atoms with Crippen LogP contribution in [0, 0.1) is 5.82 Å². The van der Waals surface area contributed by atoms with Crippen molar-refractivity contribution in [2.75, 3.05) is 7.05 Å². The van der Waals surface area contributed by atoms with E-state index >= 15 is 0 Å². The van der Waals surface area contributed by atoms with E-state index in [2.05, 4.69) is 26.1 Å². The van der Waals surface area contributed by atoms with Crippen molar-refractivity contribution >= 4 is 21.8 Å². The van der Waals surface area contributed by atoms with Crippen LogP contribution in [0.5, 0.6) is 0 Å². The van der Waals surface area contributed by atoms with E-state index in [0.717, 1.165) is 31.0 Å². The van der Waals surface area contributed by atoms with Crippen molar-refractivity contribution in [2.45, 2.75) is 25.9 Å². The molecule has 1 amide bonds. The topological polar surface area (TPSA) is 51.0 Å². The van der Waals surface area contributed by atoms with Crippen LogP contribution < -0.4 is 0 Å². The minimum absolute atomic E-state index is 0.0427. The van der Waals surface area contributed by atoms with E-state index in [4.69, 9.17) is 0 Å². The van der Waals surface area contributed by atoms with Gasteiger partial charge >= 0.3 is 0 Å². The number of carbonyl (C=O) groups excluding carboxylic acids is 1. The van der Waals surface area contributed by atoms with Crippen LogP contribution in [0.1, 0.15) is 28.4 Å². The first-order valence-corrected chi connectivity index (χ1v) is 7.47. The summed E-state index contributed by atoms with van der Waals surface area (Å²) < 4.78 is 16.3. The van der Waals surface area contributed by atoms with Gasteiger partial charge in [-0.3, -0.25) is 4.79 Å². The number of benzene rings is 1. The molecule has 0 aliphatic carbocycles. The number of aryl methyl sites for hydroxylation is 1. The molecule has 0 atom stereocenters. The molecule has 0 bridgehead atoms. The SMILES string of the molecule is CN(Cc1nnc2n1CCC2)C(=O)c1c(F)cccc1Br. The highest BCUT2D eigenvalue weighted by Crippen LogP contribution is 2.22. The number of hydrogen-bond donors (Lipinski definition) is 0. The largest absolute Gasteiger partial charge is 0.334 e. The first-order chi connectivity index (χ1) is 10.1. The van der Waals surface area contributed by atoms with Gasteiger partial charge in [0.05, 0.1) is 12.1 Å².